The molecule has 0 saturated heterocycles. The molecule has 0 radical (unpaired) electrons. The van der Waals surface area contributed by atoms with Crippen molar-refractivity contribution in [1.29, 1.82) is 0 Å². The number of nitrogens with zero attached hydrogens (tertiary/aromatic N) is 1. The zero-order valence-corrected chi connectivity index (χ0v) is 13.4. The average Bonchev–Trinajstić information content (AvgIpc) is 2.54. The van der Waals surface area contributed by atoms with Crippen molar-refractivity contribution in [1.82, 2.24) is 0 Å². The highest BCUT2D eigenvalue weighted by atomic mass is 32.2. The molecule has 0 N–H and O–H groups in total. The van der Waals surface area contributed by atoms with Gasteiger partial charge in [0.1, 0.15) is 5.75 Å². The monoisotopic (exact) mass is 319 g/mol. The Morgan fingerprint density at radius 1 is 1.00 bits per heavy atom. The summed E-state index contributed by atoms with van der Waals surface area (Å²) in [7, 11) is 0.324. The normalized spacial score (nSPS) is 13.0. The fraction of sp³-hybridized carbons (Fsp3) is 0.188. The van der Waals surface area contributed by atoms with Crippen molar-refractivity contribution in [2.45, 2.75) is 4.90 Å². The molecule has 1 atom stereocenters. The van der Waals surface area contributed by atoms with E-state index in [1.165, 1.54) is 7.11 Å². The third-order valence-electron chi connectivity index (χ3n) is 3.06. The van der Waals surface area contributed by atoms with Gasteiger partial charge in [0.25, 0.3) is 0 Å². The Morgan fingerprint density at radius 3 is 2.09 bits per heavy atom. The zero-order chi connectivity index (χ0) is 16.2. The number of hydrogen-bond acceptors (Lipinski definition) is 5. The van der Waals surface area contributed by atoms with Gasteiger partial charge in [-0.2, -0.15) is 4.36 Å². The third-order valence-corrected chi connectivity index (χ3v) is 4.77. The number of carbonyl (C=O) groups excluding carboxylic acids is 1. The molecule has 6 heteroatoms. The molecule has 0 fully saturated rings. The minimum Gasteiger partial charge on any atom is -0.497 e. The lowest BCUT2D eigenvalue weighted by Crippen LogP contribution is -2.00. The maximum Gasteiger partial charge on any atom is 0.337 e. The van der Waals surface area contributed by atoms with Gasteiger partial charge in [-0.15, -0.1) is 0 Å². The molecule has 0 amide bonds. The predicted molar refractivity (Wildman–Crippen MR) is 85.2 cm³/mol. The largest absolute Gasteiger partial charge is 0.497 e. The second kappa shape index (κ2) is 6.62. The molecule has 0 aromatic heterocycles. The van der Waals surface area contributed by atoms with Crippen LogP contribution in [0.25, 0.3) is 0 Å². The molecule has 0 spiro atoms. The summed E-state index contributed by atoms with van der Waals surface area (Å²) >= 11 is 0. The molecular weight excluding hydrogens is 302 g/mol. The van der Waals surface area contributed by atoms with E-state index >= 15 is 0 Å². The fourth-order valence-corrected chi connectivity index (χ4v) is 3.13. The summed E-state index contributed by atoms with van der Waals surface area (Å²) in [6, 6.07) is 13.4. The van der Waals surface area contributed by atoms with Crippen LogP contribution in [0, 0.1) is 0 Å². The van der Waals surface area contributed by atoms with Gasteiger partial charge >= 0.3 is 5.97 Å². The minimum atomic E-state index is -2.57. The molecule has 0 saturated carbocycles. The third kappa shape index (κ3) is 3.65. The Kier molecular flexibility index (Phi) is 4.82. The topological polar surface area (TPSA) is 65.0 Å². The molecule has 0 aliphatic rings. The number of benzene rings is 2. The first kappa shape index (κ1) is 16.0. The van der Waals surface area contributed by atoms with Crippen molar-refractivity contribution in [3.63, 3.8) is 0 Å². The van der Waals surface area contributed by atoms with E-state index in [1.54, 1.807) is 61.9 Å². The SMILES string of the molecule is COC(=O)c1ccc(N=S(C)(=O)c2ccc(OC)cc2)cc1. The molecule has 0 bridgehead atoms. The Balaban J connectivity index is 2.33. The zero-order valence-electron chi connectivity index (χ0n) is 12.6. The summed E-state index contributed by atoms with van der Waals surface area (Å²) in [4.78, 5) is 12.0. The summed E-state index contributed by atoms with van der Waals surface area (Å²) in [6.45, 7) is 0. The van der Waals surface area contributed by atoms with Gasteiger partial charge < -0.3 is 9.47 Å². The highest BCUT2D eigenvalue weighted by Gasteiger charge is 2.08. The fourth-order valence-electron chi connectivity index (χ4n) is 1.86. The van der Waals surface area contributed by atoms with Crippen molar-refractivity contribution < 1.29 is 18.5 Å². The van der Waals surface area contributed by atoms with Crippen LogP contribution in [0.1, 0.15) is 10.4 Å². The summed E-state index contributed by atoms with van der Waals surface area (Å²) in [5.74, 6) is 0.278. The molecule has 5 nitrogen and oxygen atoms in total. The summed E-state index contributed by atoms with van der Waals surface area (Å²) in [5, 5.41) is 0. The predicted octanol–water partition coefficient (Wildman–Crippen LogP) is 3.27. The molecule has 2 aromatic rings. The van der Waals surface area contributed by atoms with Crippen molar-refractivity contribution in [3.05, 3.63) is 54.1 Å². The highest BCUT2D eigenvalue weighted by Crippen LogP contribution is 2.22. The van der Waals surface area contributed by atoms with Crippen LogP contribution in [0.5, 0.6) is 5.75 Å². The quantitative estimate of drug-likeness (QED) is 0.811. The van der Waals surface area contributed by atoms with E-state index in [1.807, 2.05) is 0 Å². The Hall–Kier alpha value is -2.34. The first-order chi connectivity index (χ1) is 10.5. The lowest BCUT2D eigenvalue weighted by atomic mass is 10.2. The molecule has 0 aliphatic heterocycles. The number of carbonyl (C=O) groups is 1. The van der Waals surface area contributed by atoms with Crippen molar-refractivity contribution >= 4 is 21.4 Å². The number of ether oxygens (including phenoxy) is 2. The van der Waals surface area contributed by atoms with E-state index in [9.17, 15) is 9.00 Å². The van der Waals surface area contributed by atoms with E-state index in [2.05, 4.69) is 9.10 Å². The maximum atomic E-state index is 12.7. The molecule has 1 unspecified atom stereocenters. The molecule has 2 rings (SSSR count). The van der Waals surface area contributed by atoms with Gasteiger partial charge in [-0.25, -0.2) is 9.00 Å². The van der Waals surface area contributed by atoms with Crippen LogP contribution in [-0.4, -0.2) is 30.7 Å². The van der Waals surface area contributed by atoms with E-state index in [4.69, 9.17) is 4.74 Å². The van der Waals surface area contributed by atoms with E-state index in [-0.39, 0.29) is 0 Å². The molecule has 116 valence electrons. The Bertz CT molecular complexity index is 773. The van der Waals surface area contributed by atoms with Gasteiger partial charge in [0.2, 0.25) is 0 Å². The molecule has 0 heterocycles. The van der Waals surface area contributed by atoms with Crippen LogP contribution in [0.3, 0.4) is 0 Å². The first-order valence-electron chi connectivity index (χ1n) is 6.51. The lowest BCUT2D eigenvalue weighted by molar-refractivity contribution is 0.0601. The van der Waals surface area contributed by atoms with Crippen LogP contribution in [0.15, 0.2) is 57.8 Å². The van der Waals surface area contributed by atoms with Crippen LogP contribution < -0.4 is 4.74 Å². The van der Waals surface area contributed by atoms with Gasteiger partial charge in [0, 0.05) is 11.2 Å². The van der Waals surface area contributed by atoms with Crippen LogP contribution >= 0.6 is 0 Å². The number of rotatable bonds is 4. The molecule has 22 heavy (non-hydrogen) atoms. The summed E-state index contributed by atoms with van der Waals surface area (Å²) < 4.78 is 26.7. The van der Waals surface area contributed by atoms with Gasteiger partial charge in [-0.3, -0.25) is 0 Å². The van der Waals surface area contributed by atoms with Crippen molar-refractivity contribution in [3.8, 4) is 5.75 Å². The second-order valence-electron chi connectivity index (χ2n) is 4.61. The molecular formula is C16H17NO4S. The van der Waals surface area contributed by atoms with Crippen molar-refractivity contribution in [2.75, 3.05) is 20.5 Å². The Labute approximate surface area is 130 Å². The number of esters is 1. The minimum absolute atomic E-state index is 0.418. The standard InChI is InChI=1S/C16H17NO4S/c1-20-14-8-10-15(11-9-14)22(3,19)17-13-6-4-12(5-7-13)16(18)21-2/h4-11H,1-3H3. The lowest BCUT2D eigenvalue weighted by Gasteiger charge is -2.06. The van der Waals surface area contributed by atoms with Crippen LogP contribution in [0.4, 0.5) is 5.69 Å². The number of hydrogen-bond donors (Lipinski definition) is 0. The van der Waals surface area contributed by atoms with Gasteiger partial charge in [-0.1, -0.05) is 0 Å². The average molecular weight is 319 g/mol. The Morgan fingerprint density at radius 2 is 1.59 bits per heavy atom. The molecule has 0 aliphatic carbocycles. The van der Waals surface area contributed by atoms with Gasteiger partial charge in [0.15, 0.2) is 0 Å². The molecule has 2 aromatic carbocycles. The maximum absolute atomic E-state index is 12.7. The summed E-state index contributed by atoms with van der Waals surface area (Å²) in [6.07, 6.45) is 1.57. The van der Waals surface area contributed by atoms with Crippen LogP contribution in [-0.2, 0) is 14.5 Å². The van der Waals surface area contributed by atoms with E-state index < -0.39 is 15.7 Å². The smallest absolute Gasteiger partial charge is 0.337 e. The van der Waals surface area contributed by atoms with Crippen LogP contribution in [0.2, 0.25) is 0 Å². The van der Waals surface area contributed by atoms with Crippen molar-refractivity contribution in [2.24, 2.45) is 4.36 Å². The van der Waals surface area contributed by atoms with E-state index in [0.29, 0.717) is 21.9 Å². The van der Waals surface area contributed by atoms with Gasteiger partial charge in [-0.05, 0) is 48.5 Å². The van der Waals surface area contributed by atoms with Gasteiger partial charge in [0.05, 0.1) is 35.2 Å². The number of methoxy groups -OCH3 is 2. The first-order valence-corrected chi connectivity index (χ1v) is 8.43. The second-order valence-corrected chi connectivity index (χ2v) is 6.87. The van der Waals surface area contributed by atoms with E-state index in [0.717, 1.165) is 0 Å². The summed E-state index contributed by atoms with van der Waals surface area (Å²) in [5.41, 5.74) is 0.962. The highest BCUT2D eigenvalue weighted by molar-refractivity contribution is 7.93.